The Morgan fingerprint density at radius 3 is 2.62 bits per heavy atom. The van der Waals surface area contributed by atoms with Gasteiger partial charge in [0.25, 0.3) is 0 Å². The van der Waals surface area contributed by atoms with Crippen LogP contribution >= 0.6 is 11.3 Å². The molecule has 4 nitrogen and oxygen atoms in total. The second-order valence-corrected chi connectivity index (χ2v) is 7.23. The van der Waals surface area contributed by atoms with Crippen molar-refractivity contribution in [2.45, 2.75) is 30.6 Å². The molecule has 0 radical (unpaired) electrons. The Hall–Kier alpha value is -0.430. The first-order valence-electron chi connectivity index (χ1n) is 4.98. The number of thiophene rings is 1. The predicted octanol–water partition coefficient (Wildman–Crippen LogP) is 1.84. The van der Waals surface area contributed by atoms with E-state index < -0.39 is 10.0 Å². The smallest absolute Gasteiger partial charge is 0.250 e. The number of hydrogen-bond donors (Lipinski definition) is 1. The van der Waals surface area contributed by atoms with E-state index in [0.29, 0.717) is 10.8 Å². The van der Waals surface area contributed by atoms with Crippen molar-refractivity contribution in [3.63, 3.8) is 0 Å². The molecule has 16 heavy (non-hydrogen) atoms. The highest BCUT2D eigenvalue weighted by Crippen LogP contribution is 2.15. The van der Waals surface area contributed by atoms with Crippen molar-refractivity contribution >= 4 is 21.4 Å². The maximum atomic E-state index is 11.7. The van der Waals surface area contributed by atoms with Gasteiger partial charge in [-0.15, -0.1) is 11.3 Å². The van der Waals surface area contributed by atoms with Gasteiger partial charge in [0, 0.05) is 6.54 Å². The normalized spacial score (nSPS) is 12.9. The molecule has 6 heteroatoms. The summed E-state index contributed by atoms with van der Waals surface area (Å²) in [5.74, 6) is 0. The fraction of sp³-hybridized carbons (Fsp3) is 0.600. The van der Waals surface area contributed by atoms with Crippen LogP contribution in [0.3, 0.4) is 0 Å². The van der Waals surface area contributed by atoms with Gasteiger partial charge in [0.1, 0.15) is 4.21 Å². The minimum Gasteiger partial charge on any atom is -0.375 e. The summed E-state index contributed by atoms with van der Waals surface area (Å²) in [6, 6.07) is 3.29. The molecule has 0 aromatic carbocycles. The van der Waals surface area contributed by atoms with Gasteiger partial charge in [0.05, 0.1) is 12.2 Å². The van der Waals surface area contributed by atoms with Gasteiger partial charge in [-0.25, -0.2) is 13.1 Å². The van der Waals surface area contributed by atoms with Crippen molar-refractivity contribution in [1.29, 1.82) is 0 Å². The predicted molar refractivity (Wildman–Crippen MR) is 65.2 cm³/mol. The fourth-order valence-electron chi connectivity index (χ4n) is 1.02. The summed E-state index contributed by atoms with van der Waals surface area (Å²) in [6.07, 6.45) is 0. The lowest BCUT2D eigenvalue weighted by Gasteiger charge is -2.19. The molecule has 0 amide bonds. The topological polar surface area (TPSA) is 55.4 Å². The second-order valence-electron chi connectivity index (χ2n) is 4.29. The highest BCUT2D eigenvalue weighted by Gasteiger charge is 2.15. The van der Waals surface area contributed by atoms with Crippen molar-refractivity contribution in [2.24, 2.45) is 0 Å². The highest BCUT2D eigenvalue weighted by molar-refractivity contribution is 7.91. The molecule has 1 aromatic rings. The first kappa shape index (κ1) is 13.6. The highest BCUT2D eigenvalue weighted by atomic mass is 32.2. The zero-order chi connectivity index (χ0) is 12.2. The average molecular weight is 263 g/mol. The third-order valence-corrected chi connectivity index (χ3v) is 4.55. The molecule has 0 aliphatic heterocycles. The summed E-state index contributed by atoms with van der Waals surface area (Å²) >= 11 is 1.20. The number of ether oxygens (including phenoxy) is 1. The average Bonchev–Trinajstić information content (AvgIpc) is 2.64. The van der Waals surface area contributed by atoms with E-state index in [1.807, 2.05) is 20.8 Å². The van der Waals surface area contributed by atoms with Crippen LogP contribution in [0.15, 0.2) is 21.7 Å². The van der Waals surface area contributed by atoms with E-state index in [4.69, 9.17) is 4.74 Å². The van der Waals surface area contributed by atoms with E-state index in [2.05, 4.69) is 4.72 Å². The molecule has 1 rings (SSSR count). The van der Waals surface area contributed by atoms with Gasteiger partial charge in [-0.2, -0.15) is 0 Å². The lowest BCUT2D eigenvalue weighted by Crippen LogP contribution is -2.30. The van der Waals surface area contributed by atoms with Crippen LogP contribution in [0, 0.1) is 0 Å². The molecule has 1 N–H and O–H groups in total. The van der Waals surface area contributed by atoms with Gasteiger partial charge in [-0.1, -0.05) is 6.07 Å². The van der Waals surface area contributed by atoms with Gasteiger partial charge in [0.2, 0.25) is 10.0 Å². The van der Waals surface area contributed by atoms with Crippen LogP contribution < -0.4 is 4.72 Å². The van der Waals surface area contributed by atoms with Crippen LogP contribution in [-0.4, -0.2) is 27.2 Å². The maximum absolute atomic E-state index is 11.7. The summed E-state index contributed by atoms with van der Waals surface area (Å²) in [6.45, 7) is 6.45. The van der Waals surface area contributed by atoms with Gasteiger partial charge < -0.3 is 4.74 Å². The number of hydrogen-bond acceptors (Lipinski definition) is 4. The van der Waals surface area contributed by atoms with Crippen LogP contribution in [0.5, 0.6) is 0 Å². The van der Waals surface area contributed by atoms with Crippen molar-refractivity contribution < 1.29 is 13.2 Å². The Bertz CT molecular complexity index is 404. The Morgan fingerprint density at radius 2 is 2.12 bits per heavy atom. The van der Waals surface area contributed by atoms with Crippen LogP contribution in [0.4, 0.5) is 0 Å². The Labute approximate surface area is 101 Å². The molecule has 0 aliphatic rings. The molecular formula is C10H17NO3S2. The minimum absolute atomic E-state index is 0.242. The van der Waals surface area contributed by atoms with Crippen LogP contribution in [0.25, 0.3) is 0 Å². The third kappa shape index (κ3) is 4.61. The van der Waals surface area contributed by atoms with Crippen molar-refractivity contribution in [2.75, 3.05) is 13.2 Å². The lowest BCUT2D eigenvalue weighted by atomic mass is 10.2. The first-order valence-corrected chi connectivity index (χ1v) is 7.35. The van der Waals surface area contributed by atoms with Crippen LogP contribution in [0.1, 0.15) is 20.8 Å². The zero-order valence-electron chi connectivity index (χ0n) is 9.69. The Kier molecular flexibility index (Phi) is 4.49. The number of sulfonamides is 1. The zero-order valence-corrected chi connectivity index (χ0v) is 11.3. The van der Waals surface area contributed by atoms with Crippen LogP contribution in [-0.2, 0) is 14.8 Å². The van der Waals surface area contributed by atoms with Crippen molar-refractivity contribution in [1.82, 2.24) is 4.72 Å². The van der Waals surface area contributed by atoms with Crippen molar-refractivity contribution in [3.05, 3.63) is 17.5 Å². The summed E-state index contributed by atoms with van der Waals surface area (Å²) in [5, 5.41) is 1.74. The SMILES string of the molecule is CC(C)(C)OCCNS(=O)(=O)c1cccs1. The third-order valence-electron chi connectivity index (χ3n) is 1.69. The Morgan fingerprint density at radius 1 is 1.44 bits per heavy atom. The largest absolute Gasteiger partial charge is 0.375 e. The van der Waals surface area contributed by atoms with Gasteiger partial charge >= 0.3 is 0 Å². The molecule has 0 spiro atoms. The van der Waals surface area contributed by atoms with E-state index in [0.717, 1.165) is 0 Å². The van der Waals surface area contributed by atoms with Gasteiger partial charge in [0.15, 0.2) is 0 Å². The molecule has 92 valence electrons. The standard InChI is InChI=1S/C10H17NO3S2/c1-10(2,3)14-7-6-11-16(12,13)9-5-4-8-15-9/h4-5,8,11H,6-7H2,1-3H3. The van der Waals surface area contributed by atoms with E-state index in [1.165, 1.54) is 11.3 Å². The molecule has 0 atom stereocenters. The maximum Gasteiger partial charge on any atom is 0.250 e. The number of nitrogens with one attached hydrogen (secondary N) is 1. The lowest BCUT2D eigenvalue weighted by molar-refractivity contribution is 0.000793. The monoisotopic (exact) mass is 263 g/mol. The van der Waals surface area contributed by atoms with Crippen LogP contribution in [0.2, 0.25) is 0 Å². The molecule has 0 aliphatic carbocycles. The fourth-order valence-corrected chi connectivity index (χ4v) is 3.07. The summed E-state index contributed by atoms with van der Waals surface area (Å²) in [5.41, 5.74) is -0.242. The molecule has 0 saturated heterocycles. The van der Waals surface area contributed by atoms with Gasteiger partial charge in [-0.05, 0) is 32.2 Å². The van der Waals surface area contributed by atoms with Gasteiger partial charge in [-0.3, -0.25) is 0 Å². The van der Waals surface area contributed by atoms with E-state index in [-0.39, 0.29) is 12.1 Å². The van der Waals surface area contributed by atoms with E-state index in [1.54, 1.807) is 17.5 Å². The molecule has 1 heterocycles. The van der Waals surface area contributed by atoms with Crippen molar-refractivity contribution in [3.8, 4) is 0 Å². The molecule has 0 unspecified atom stereocenters. The summed E-state index contributed by atoms with van der Waals surface area (Å²) in [7, 11) is -3.35. The summed E-state index contributed by atoms with van der Waals surface area (Å²) < 4.78 is 31.6. The summed E-state index contributed by atoms with van der Waals surface area (Å²) in [4.78, 5) is 0. The molecule has 0 fully saturated rings. The molecule has 0 saturated carbocycles. The first-order chi connectivity index (χ1) is 7.31. The minimum atomic E-state index is -3.35. The Balaban J connectivity index is 2.39. The quantitative estimate of drug-likeness (QED) is 0.825. The second kappa shape index (κ2) is 5.27. The van der Waals surface area contributed by atoms with E-state index in [9.17, 15) is 8.42 Å². The molecule has 1 aromatic heterocycles. The molecular weight excluding hydrogens is 246 g/mol. The van der Waals surface area contributed by atoms with E-state index >= 15 is 0 Å². The molecule has 0 bridgehead atoms. The number of rotatable bonds is 5.